The van der Waals surface area contributed by atoms with E-state index in [-0.39, 0.29) is 0 Å². The molecule has 0 saturated carbocycles. The van der Waals surface area contributed by atoms with Gasteiger partial charge in [-0.2, -0.15) is 9.97 Å². The number of para-hydroxylation sites is 3. The fraction of sp³-hybridized carbons (Fsp3) is 0. The molecule has 9 heteroatoms. The van der Waals surface area contributed by atoms with Gasteiger partial charge in [0.25, 0.3) is 0 Å². The molecular formula is C59H44N9+. The molecule has 9 nitrogen and oxygen atoms in total. The van der Waals surface area contributed by atoms with E-state index in [0.29, 0.717) is 28.8 Å². The van der Waals surface area contributed by atoms with E-state index in [9.17, 15) is 0 Å². The normalized spacial score (nSPS) is 11.1. The van der Waals surface area contributed by atoms with Crippen molar-refractivity contribution < 1.29 is 5.41 Å². The third kappa shape index (κ3) is 8.01. The van der Waals surface area contributed by atoms with Gasteiger partial charge in [0.05, 0.1) is 28.0 Å². The van der Waals surface area contributed by atoms with Gasteiger partial charge in [0, 0.05) is 62.1 Å². The van der Waals surface area contributed by atoms with E-state index in [0.717, 1.165) is 83.7 Å². The molecule has 0 aliphatic rings. The van der Waals surface area contributed by atoms with Crippen molar-refractivity contribution >= 4 is 74.3 Å². The maximum absolute atomic E-state index is 8.89. The van der Waals surface area contributed by atoms with Crippen molar-refractivity contribution in [3.05, 3.63) is 236 Å². The molecule has 0 radical (unpaired) electrons. The Kier molecular flexibility index (Phi) is 11.0. The summed E-state index contributed by atoms with van der Waals surface area (Å²) in [6.07, 6.45) is 3.06. The molecule has 11 rings (SSSR count). The van der Waals surface area contributed by atoms with E-state index in [2.05, 4.69) is 147 Å². The van der Waals surface area contributed by atoms with Crippen LogP contribution in [0.5, 0.6) is 0 Å². The van der Waals surface area contributed by atoms with Crippen LogP contribution in [-0.4, -0.2) is 31.9 Å². The Bertz CT molecular complexity index is 3480. The largest absolute Gasteiger partial charge is 0.355 e. The van der Waals surface area contributed by atoms with Crippen molar-refractivity contribution in [1.82, 2.24) is 19.5 Å². The maximum atomic E-state index is 8.89. The Hall–Kier alpha value is -9.47. The Balaban J connectivity index is 0.947. The van der Waals surface area contributed by atoms with Crippen LogP contribution in [0.1, 0.15) is 11.1 Å². The maximum Gasteiger partial charge on any atom is 0.231 e. The molecule has 0 bridgehead atoms. The van der Waals surface area contributed by atoms with E-state index in [1.165, 1.54) is 6.21 Å². The first-order valence-corrected chi connectivity index (χ1v) is 22.4. The molecule has 324 valence electrons. The zero-order valence-corrected chi connectivity index (χ0v) is 36.8. The standard InChI is InChI=1S/C59H43N9/c60-38-44-36-42(26-33-53(44)62-45-28-30-49(31-29-45)67(46-20-10-3-11-21-46)47-22-12-4-13-23-47)43-27-35-55-51(37-43)50-32-34-54(52(39-61)56(50)68(55)48-24-14-5-15-25-48)63-59-65-57(40-16-6-1-7-17-40)64-58(66-59)41-18-8-2-9-19-41/h1-39,60-62H,(H,63,64,65,66)/p+1. The van der Waals surface area contributed by atoms with Crippen molar-refractivity contribution in [2.45, 2.75) is 0 Å². The molecule has 5 N–H and O–H groups in total. The number of hydrogen-bond acceptors (Lipinski definition) is 7. The molecule has 0 saturated heterocycles. The predicted molar refractivity (Wildman–Crippen MR) is 280 cm³/mol. The summed E-state index contributed by atoms with van der Waals surface area (Å²) < 4.78 is 2.23. The Morgan fingerprint density at radius 3 is 1.59 bits per heavy atom. The van der Waals surface area contributed by atoms with Crippen molar-refractivity contribution in [3.63, 3.8) is 0 Å². The second kappa shape index (κ2) is 18.2. The van der Waals surface area contributed by atoms with Crippen LogP contribution in [0, 0.1) is 5.41 Å². The third-order valence-corrected chi connectivity index (χ3v) is 12.1. The van der Waals surface area contributed by atoms with Crippen LogP contribution in [0.25, 0.3) is 61.4 Å². The topological polar surface area (TPSA) is 120 Å². The molecule has 0 spiro atoms. The summed E-state index contributed by atoms with van der Waals surface area (Å²) in [7, 11) is 0. The summed E-state index contributed by atoms with van der Waals surface area (Å²) in [5.41, 5.74) is 14.0. The molecule has 0 amide bonds. The van der Waals surface area contributed by atoms with Crippen LogP contribution >= 0.6 is 0 Å². The monoisotopic (exact) mass is 878 g/mol. The van der Waals surface area contributed by atoms with Crippen LogP contribution in [0.2, 0.25) is 0 Å². The van der Waals surface area contributed by atoms with E-state index >= 15 is 0 Å². The van der Waals surface area contributed by atoms with Crippen molar-refractivity contribution in [3.8, 4) is 39.6 Å². The first-order valence-electron chi connectivity index (χ1n) is 22.4. The van der Waals surface area contributed by atoms with Gasteiger partial charge in [-0.3, -0.25) is 5.41 Å². The average Bonchev–Trinajstić information content (AvgIpc) is 3.74. The lowest BCUT2D eigenvalue weighted by molar-refractivity contribution is -0.104. The number of nitrogens with one attached hydrogen (secondary N) is 3. The van der Waals surface area contributed by atoms with Gasteiger partial charge < -0.3 is 25.5 Å². The Morgan fingerprint density at radius 2 is 1.00 bits per heavy atom. The van der Waals surface area contributed by atoms with Gasteiger partial charge in [-0.1, -0.05) is 133 Å². The lowest BCUT2D eigenvalue weighted by Gasteiger charge is -2.25. The van der Waals surface area contributed by atoms with E-state index in [1.807, 2.05) is 97.1 Å². The first-order chi connectivity index (χ1) is 33.6. The second-order valence-electron chi connectivity index (χ2n) is 16.3. The average molecular weight is 879 g/mol. The minimum atomic E-state index is 0.380. The molecule has 0 fully saturated rings. The number of nitrogens with two attached hydrogens (primary N) is 1. The molecule has 9 aromatic carbocycles. The molecule has 0 unspecified atom stereocenters. The third-order valence-electron chi connectivity index (χ3n) is 12.1. The molecular weight excluding hydrogens is 835 g/mol. The van der Waals surface area contributed by atoms with Crippen LogP contribution < -0.4 is 20.9 Å². The summed E-state index contributed by atoms with van der Waals surface area (Å²) in [6, 6.07) is 76.3. The molecule has 11 aromatic rings. The minimum absolute atomic E-state index is 0.380. The highest BCUT2D eigenvalue weighted by Gasteiger charge is 2.20. The number of nitrogens with zero attached hydrogens (tertiary/aromatic N) is 5. The summed E-state index contributed by atoms with van der Waals surface area (Å²) in [4.78, 5) is 16.9. The highest BCUT2D eigenvalue weighted by atomic mass is 15.2. The number of benzene rings is 9. The molecule has 0 aliphatic heterocycles. The smallest absolute Gasteiger partial charge is 0.231 e. The first kappa shape index (κ1) is 41.2. The van der Waals surface area contributed by atoms with Gasteiger partial charge in [-0.25, -0.2) is 4.98 Å². The minimum Gasteiger partial charge on any atom is -0.355 e. The zero-order valence-electron chi connectivity index (χ0n) is 36.8. The SMILES string of the molecule is N=Cc1c(Nc2nc(-c3ccccc3)nc(-c3ccccc3)n2)ccc2c3cc(-c4ccc(Nc5ccc(N(c6ccccc6)c6ccccc6)cc5)c(C=[NH2+])c4)ccc3n(-c3ccccc3)c12. The summed E-state index contributed by atoms with van der Waals surface area (Å²) in [5, 5.41) is 24.4. The number of aromatic nitrogens is 4. The highest BCUT2D eigenvalue weighted by molar-refractivity contribution is 6.17. The second-order valence-corrected chi connectivity index (χ2v) is 16.3. The number of hydrogen-bond donors (Lipinski definition) is 4. The van der Waals surface area contributed by atoms with Crippen LogP contribution in [0.3, 0.4) is 0 Å². The molecule has 2 aromatic heterocycles. The van der Waals surface area contributed by atoms with Gasteiger partial charge in [0.2, 0.25) is 5.95 Å². The van der Waals surface area contributed by atoms with E-state index in [1.54, 1.807) is 6.21 Å². The quantitative estimate of drug-likeness (QED) is 0.0856. The number of fused-ring (bicyclic) bond motifs is 3. The lowest BCUT2D eigenvalue weighted by atomic mass is 9.99. The van der Waals surface area contributed by atoms with Crippen LogP contribution in [0.4, 0.5) is 40.1 Å². The van der Waals surface area contributed by atoms with E-state index < -0.39 is 0 Å². The van der Waals surface area contributed by atoms with Crippen LogP contribution in [-0.2, 0) is 0 Å². The fourth-order valence-corrected chi connectivity index (χ4v) is 8.84. The fourth-order valence-electron chi connectivity index (χ4n) is 8.84. The molecule has 68 heavy (non-hydrogen) atoms. The Morgan fingerprint density at radius 1 is 0.471 bits per heavy atom. The number of rotatable bonds is 13. The number of anilines is 7. The lowest BCUT2D eigenvalue weighted by Crippen LogP contribution is -2.30. The van der Waals surface area contributed by atoms with Gasteiger partial charge >= 0.3 is 0 Å². The molecule has 0 aliphatic carbocycles. The van der Waals surface area contributed by atoms with Crippen molar-refractivity contribution in [1.29, 1.82) is 5.41 Å². The van der Waals surface area contributed by atoms with Crippen LogP contribution in [0.15, 0.2) is 224 Å². The van der Waals surface area contributed by atoms with Crippen molar-refractivity contribution in [2.24, 2.45) is 0 Å². The van der Waals surface area contributed by atoms with Gasteiger partial charge in [0.15, 0.2) is 17.9 Å². The van der Waals surface area contributed by atoms with Gasteiger partial charge in [-0.15, -0.1) is 0 Å². The molecule has 2 heterocycles. The highest BCUT2D eigenvalue weighted by Crippen LogP contribution is 2.40. The Labute approximate surface area is 393 Å². The summed E-state index contributed by atoms with van der Waals surface area (Å²) in [6.45, 7) is 0. The predicted octanol–water partition coefficient (Wildman–Crippen LogP) is 13.1. The van der Waals surface area contributed by atoms with Gasteiger partial charge in [-0.05, 0) is 102 Å². The van der Waals surface area contributed by atoms with Crippen molar-refractivity contribution in [2.75, 3.05) is 15.5 Å². The van der Waals surface area contributed by atoms with Gasteiger partial charge in [0.1, 0.15) is 0 Å². The zero-order chi connectivity index (χ0) is 45.8. The van der Waals surface area contributed by atoms with E-state index in [4.69, 9.17) is 25.8 Å². The molecule has 0 atom stereocenters. The summed E-state index contributed by atoms with van der Waals surface area (Å²) >= 11 is 0. The summed E-state index contributed by atoms with van der Waals surface area (Å²) in [5.74, 6) is 1.48.